The summed E-state index contributed by atoms with van der Waals surface area (Å²) < 4.78 is 18.9. The van der Waals surface area contributed by atoms with Crippen molar-refractivity contribution in [2.75, 3.05) is 36.8 Å². The Balaban J connectivity index is 1.26. The number of alkyl halides is 1. The lowest BCUT2D eigenvalue weighted by Crippen LogP contribution is -2.50. The number of nitrogen functional groups attached to an aromatic ring is 1. The van der Waals surface area contributed by atoms with E-state index in [1.165, 1.54) is 0 Å². The van der Waals surface area contributed by atoms with E-state index < -0.39 is 24.4 Å². The van der Waals surface area contributed by atoms with Gasteiger partial charge in [0.15, 0.2) is 12.1 Å². The molecule has 6 N–H and O–H groups in total. The molecule has 12 nitrogen and oxygen atoms in total. The van der Waals surface area contributed by atoms with E-state index in [0.717, 1.165) is 5.56 Å². The van der Waals surface area contributed by atoms with Gasteiger partial charge >= 0.3 is 12.1 Å². The minimum atomic E-state index is -1.34. The van der Waals surface area contributed by atoms with Crippen LogP contribution in [0.15, 0.2) is 47.6 Å². The van der Waals surface area contributed by atoms with Crippen LogP contribution in [-0.2, 0) is 20.9 Å². The number of amidine groups is 1. The van der Waals surface area contributed by atoms with Gasteiger partial charge in [-0.15, -0.1) is 0 Å². The molecule has 0 bridgehead atoms. The Hall–Kier alpha value is -4.42. The second-order valence-corrected chi connectivity index (χ2v) is 9.33. The molecule has 13 heteroatoms. The zero-order valence-corrected chi connectivity index (χ0v) is 21.3. The van der Waals surface area contributed by atoms with E-state index in [0.29, 0.717) is 61.8 Å². The summed E-state index contributed by atoms with van der Waals surface area (Å²) in [6, 6.07) is 9.32. The van der Waals surface area contributed by atoms with Crippen molar-refractivity contribution >= 4 is 35.3 Å². The summed E-state index contributed by atoms with van der Waals surface area (Å²) in [5.41, 5.74) is 8.09. The highest BCUT2D eigenvalue weighted by Gasteiger charge is 2.29. The van der Waals surface area contributed by atoms with E-state index in [-0.39, 0.29) is 25.0 Å². The lowest BCUT2D eigenvalue weighted by atomic mass is 9.95. The van der Waals surface area contributed by atoms with E-state index in [4.69, 9.17) is 10.5 Å². The van der Waals surface area contributed by atoms with Gasteiger partial charge in [-0.1, -0.05) is 30.3 Å². The Morgan fingerprint density at radius 2 is 1.92 bits per heavy atom. The van der Waals surface area contributed by atoms with Crippen molar-refractivity contribution in [3.05, 3.63) is 53.7 Å². The number of carboxylic acid groups (broad SMARTS) is 1. The zero-order chi connectivity index (χ0) is 27.8. The number of ether oxygens (including phenoxy) is 1. The number of nitrogens with zero attached hydrogens (tertiary/aromatic N) is 3. The smallest absolute Gasteiger partial charge is 0.408 e. The van der Waals surface area contributed by atoms with Crippen molar-refractivity contribution in [2.45, 2.75) is 38.2 Å². The highest BCUT2D eigenvalue weighted by Crippen LogP contribution is 2.29. The minimum Gasteiger partial charge on any atom is -0.480 e. The highest BCUT2D eigenvalue weighted by molar-refractivity contribution is 6.05. The predicted octanol–water partition coefficient (Wildman–Crippen LogP) is 1.41. The maximum absolute atomic E-state index is 13.8. The first-order valence-corrected chi connectivity index (χ1v) is 12.7. The van der Waals surface area contributed by atoms with E-state index >= 15 is 0 Å². The molecule has 2 amide bonds. The number of nitrogens with two attached hydrogens (primary N) is 1. The number of carbonyl (C=O) groups excluding carboxylic acids is 2. The molecule has 1 unspecified atom stereocenters. The molecular weight excluding hydrogens is 509 g/mol. The molecule has 1 saturated heterocycles. The number of pyridine rings is 1. The average molecular weight is 542 g/mol. The summed E-state index contributed by atoms with van der Waals surface area (Å²) in [4.78, 5) is 47.1. The summed E-state index contributed by atoms with van der Waals surface area (Å²) in [5, 5.41) is 17.1. The van der Waals surface area contributed by atoms with E-state index in [2.05, 4.69) is 25.9 Å². The number of rotatable bonds is 9. The number of aromatic nitrogens is 1. The van der Waals surface area contributed by atoms with Gasteiger partial charge in [-0.3, -0.25) is 9.79 Å². The molecule has 208 valence electrons. The molecule has 3 heterocycles. The van der Waals surface area contributed by atoms with E-state index in [1.807, 2.05) is 11.0 Å². The maximum atomic E-state index is 13.8. The number of carbonyl (C=O) groups is 3. The molecule has 0 radical (unpaired) electrons. The second-order valence-electron chi connectivity index (χ2n) is 9.33. The van der Waals surface area contributed by atoms with Crippen LogP contribution in [0.4, 0.5) is 20.7 Å². The second kappa shape index (κ2) is 12.9. The molecule has 2 aliphatic heterocycles. The van der Waals surface area contributed by atoms with Crippen molar-refractivity contribution in [1.29, 1.82) is 0 Å². The lowest BCUT2D eigenvalue weighted by molar-refractivity contribution is -0.139. The van der Waals surface area contributed by atoms with Crippen LogP contribution in [0.25, 0.3) is 0 Å². The number of amides is 2. The fraction of sp³-hybridized carbons (Fsp3) is 0.423. The number of aliphatic imine (C=N–C) groups is 1. The molecule has 4 rings (SSSR count). The summed E-state index contributed by atoms with van der Waals surface area (Å²) in [7, 11) is 0. The van der Waals surface area contributed by atoms with Crippen LogP contribution in [0, 0.1) is 5.92 Å². The Bertz CT molecular complexity index is 1200. The average Bonchev–Trinajstić information content (AvgIpc) is 2.94. The highest BCUT2D eigenvalue weighted by atomic mass is 19.1. The zero-order valence-electron chi connectivity index (χ0n) is 21.3. The first-order valence-electron chi connectivity index (χ1n) is 12.7. The van der Waals surface area contributed by atoms with Gasteiger partial charge in [0.1, 0.15) is 18.5 Å². The fourth-order valence-corrected chi connectivity index (χ4v) is 4.45. The van der Waals surface area contributed by atoms with Crippen LogP contribution in [0.5, 0.6) is 0 Å². The summed E-state index contributed by atoms with van der Waals surface area (Å²) in [5.74, 6) is -0.998. The number of piperidine rings is 1. The molecule has 39 heavy (non-hydrogen) atoms. The summed E-state index contributed by atoms with van der Waals surface area (Å²) in [6.07, 6.45) is 0.811. The molecule has 0 aliphatic carbocycles. The SMILES string of the molecule is Nc1c(C2=NCCC(F)N2)ccnc1N1CCC(C(=O)NC[C@H](NC(=O)OCc2ccccc2)C(=O)O)CC1. The quantitative estimate of drug-likeness (QED) is 0.294. The molecule has 1 aromatic heterocycles. The standard InChI is InChI=1S/C26H32FN7O5/c27-20-7-11-29-22(33-20)18-6-10-30-23(21(18)28)34-12-8-17(9-13-34)24(35)31-14-19(25(36)37)32-26(38)39-15-16-4-2-1-3-5-16/h1-6,10,17,19-20H,7-9,11-15,28H2,(H,29,33)(H,31,35)(H,32,38)(H,36,37)/t19-,20?/m0/s1. The van der Waals surface area contributed by atoms with Gasteiger partial charge in [-0.2, -0.15) is 0 Å². The predicted molar refractivity (Wildman–Crippen MR) is 142 cm³/mol. The van der Waals surface area contributed by atoms with Crippen LogP contribution in [0.1, 0.15) is 30.4 Å². The number of nitrogens with one attached hydrogen (secondary N) is 3. The van der Waals surface area contributed by atoms with Crippen molar-refractivity contribution in [3.63, 3.8) is 0 Å². The van der Waals surface area contributed by atoms with Gasteiger partial charge in [0.25, 0.3) is 0 Å². The molecule has 1 aromatic carbocycles. The third-order valence-electron chi connectivity index (χ3n) is 6.62. The van der Waals surface area contributed by atoms with Gasteiger partial charge in [-0.05, 0) is 24.5 Å². The Kier molecular flexibility index (Phi) is 9.13. The van der Waals surface area contributed by atoms with Gasteiger partial charge in [0.2, 0.25) is 5.91 Å². The number of alkyl carbamates (subject to hydrolysis) is 1. The van der Waals surface area contributed by atoms with E-state index in [1.54, 1.807) is 36.5 Å². The number of aliphatic carboxylic acids is 1. The Labute approximate surface area is 224 Å². The Morgan fingerprint density at radius 3 is 2.62 bits per heavy atom. The largest absolute Gasteiger partial charge is 0.480 e. The number of hydrogen-bond acceptors (Lipinski definition) is 9. The maximum Gasteiger partial charge on any atom is 0.408 e. The van der Waals surface area contributed by atoms with Crippen molar-refractivity contribution < 1.29 is 28.6 Å². The third kappa shape index (κ3) is 7.33. The van der Waals surface area contributed by atoms with Crippen molar-refractivity contribution in [1.82, 2.24) is 20.9 Å². The van der Waals surface area contributed by atoms with E-state index in [9.17, 15) is 23.9 Å². The van der Waals surface area contributed by atoms with Crippen LogP contribution < -0.4 is 26.6 Å². The third-order valence-corrected chi connectivity index (χ3v) is 6.62. The first-order chi connectivity index (χ1) is 18.8. The molecule has 2 aliphatic rings. The normalized spacial score (nSPS) is 18.3. The van der Waals surface area contributed by atoms with Crippen LogP contribution in [-0.4, -0.2) is 72.4 Å². The van der Waals surface area contributed by atoms with Crippen LogP contribution >= 0.6 is 0 Å². The number of anilines is 2. The van der Waals surface area contributed by atoms with Crippen molar-refractivity contribution in [3.8, 4) is 0 Å². The molecule has 2 atom stereocenters. The molecule has 1 fully saturated rings. The minimum absolute atomic E-state index is 0.00673. The van der Waals surface area contributed by atoms with Crippen molar-refractivity contribution in [2.24, 2.45) is 10.9 Å². The fourth-order valence-electron chi connectivity index (χ4n) is 4.45. The van der Waals surface area contributed by atoms with Gasteiger partial charge in [0, 0.05) is 50.3 Å². The van der Waals surface area contributed by atoms with Gasteiger partial charge in [-0.25, -0.2) is 19.0 Å². The molecule has 0 spiro atoms. The van der Waals surface area contributed by atoms with Gasteiger partial charge < -0.3 is 36.4 Å². The first kappa shape index (κ1) is 27.6. The number of carboxylic acids is 1. The number of halogens is 1. The monoisotopic (exact) mass is 541 g/mol. The topological polar surface area (TPSA) is 171 Å². The Morgan fingerprint density at radius 1 is 1.18 bits per heavy atom. The summed E-state index contributed by atoms with van der Waals surface area (Å²) in [6.45, 7) is 1.07. The number of hydrogen-bond donors (Lipinski definition) is 5. The van der Waals surface area contributed by atoms with Crippen LogP contribution in [0.3, 0.4) is 0 Å². The summed E-state index contributed by atoms with van der Waals surface area (Å²) >= 11 is 0. The molecular formula is C26H32FN7O5. The molecule has 0 saturated carbocycles. The lowest BCUT2D eigenvalue weighted by Gasteiger charge is -2.33. The number of benzene rings is 1. The van der Waals surface area contributed by atoms with Gasteiger partial charge in [0.05, 0.1) is 5.69 Å². The molecule has 2 aromatic rings. The van der Waals surface area contributed by atoms with Crippen LogP contribution in [0.2, 0.25) is 0 Å².